The fourth-order valence-corrected chi connectivity index (χ4v) is 3.89. The van der Waals surface area contributed by atoms with Gasteiger partial charge in [-0.3, -0.25) is 4.79 Å². The van der Waals surface area contributed by atoms with Gasteiger partial charge in [-0.25, -0.2) is 0 Å². The summed E-state index contributed by atoms with van der Waals surface area (Å²) in [6, 6.07) is 0. The fraction of sp³-hybridized carbons (Fsp3) is 0.833. The zero-order valence-corrected chi connectivity index (χ0v) is 14.3. The van der Waals surface area contributed by atoms with Crippen LogP contribution in [0.5, 0.6) is 0 Å². The number of carboxylic acids is 1. The van der Waals surface area contributed by atoms with E-state index in [0.717, 1.165) is 38.5 Å². The highest BCUT2D eigenvalue weighted by molar-refractivity contribution is 6.20. The minimum absolute atomic E-state index is 0.278. The van der Waals surface area contributed by atoms with E-state index >= 15 is 0 Å². The van der Waals surface area contributed by atoms with Crippen molar-refractivity contribution in [3.63, 3.8) is 0 Å². The molecule has 1 aliphatic carbocycles. The van der Waals surface area contributed by atoms with Gasteiger partial charge >= 0.3 is 5.97 Å². The molecule has 0 aromatic rings. The second-order valence-electron chi connectivity index (χ2n) is 6.67. The molecular weight excluding hydrogens is 300 g/mol. The van der Waals surface area contributed by atoms with E-state index in [1.165, 1.54) is 12.8 Å². The molecule has 2 fully saturated rings. The molecule has 1 saturated heterocycles. The standard InChI is InChI=1S/C18H29ClO3/c1-2-15(19)14-12-16-18(22-16)13(14)10-8-6-4-3-5-7-9-11-17(20)21/h8,10,13-16,18H,2-7,9,11-12H2,1H3,(H,20,21). The topological polar surface area (TPSA) is 49.8 Å². The summed E-state index contributed by atoms with van der Waals surface area (Å²) in [7, 11) is 0. The van der Waals surface area contributed by atoms with Crippen LogP contribution in [-0.4, -0.2) is 28.7 Å². The van der Waals surface area contributed by atoms with Gasteiger partial charge in [-0.2, -0.15) is 0 Å². The van der Waals surface area contributed by atoms with Crippen LogP contribution in [0.1, 0.15) is 64.7 Å². The van der Waals surface area contributed by atoms with Gasteiger partial charge in [-0.15, -0.1) is 11.6 Å². The van der Waals surface area contributed by atoms with Crippen LogP contribution in [0.4, 0.5) is 0 Å². The van der Waals surface area contributed by atoms with Crippen LogP contribution in [0, 0.1) is 11.8 Å². The normalized spacial score (nSPS) is 31.4. The summed E-state index contributed by atoms with van der Waals surface area (Å²) in [5.74, 6) is 0.421. The number of allylic oxidation sites excluding steroid dienone is 1. The number of ether oxygens (including phenoxy) is 1. The highest BCUT2D eigenvalue weighted by atomic mass is 35.5. The van der Waals surface area contributed by atoms with Gasteiger partial charge in [0, 0.05) is 17.7 Å². The van der Waals surface area contributed by atoms with E-state index in [0.29, 0.717) is 30.5 Å². The van der Waals surface area contributed by atoms with Crippen molar-refractivity contribution in [1.29, 1.82) is 0 Å². The van der Waals surface area contributed by atoms with Gasteiger partial charge < -0.3 is 9.84 Å². The average Bonchev–Trinajstić information content (AvgIpc) is 3.18. The average molecular weight is 329 g/mol. The third-order valence-corrected chi connectivity index (χ3v) is 5.61. The number of aliphatic carboxylic acids is 1. The van der Waals surface area contributed by atoms with Crippen LogP contribution in [0.25, 0.3) is 0 Å². The Morgan fingerprint density at radius 3 is 2.77 bits per heavy atom. The van der Waals surface area contributed by atoms with E-state index in [9.17, 15) is 4.79 Å². The molecule has 0 amide bonds. The van der Waals surface area contributed by atoms with Crippen molar-refractivity contribution in [2.75, 3.05) is 0 Å². The van der Waals surface area contributed by atoms with Crippen molar-refractivity contribution >= 4 is 17.6 Å². The number of carbonyl (C=O) groups is 1. The van der Waals surface area contributed by atoms with Crippen LogP contribution in [-0.2, 0) is 9.53 Å². The Bertz CT molecular complexity index is 383. The smallest absolute Gasteiger partial charge is 0.303 e. The van der Waals surface area contributed by atoms with Crippen molar-refractivity contribution in [3.8, 4) is 0 Å². The molecule has 0 spiro atoms. The Hall–Kier alpha value is -0.540. The van der Waals surface area contributed by atoms with Crippen molar-refractivity contribution in [2.24, 2.45) is 11.8 Å². The molecule has 0 aromatic heterocycles. The molecule has 1 aliphatic heterocycles. The van der Waals surface area contributed by atoms with Crippen LogP contribution in [0.2, 0.25) is 0 Å². The minimum Gasteiger partial charge on any atom is -0.481 e. The molecule has 1 heterocycles. The largest absolute Gasteiger partial charge is 0.481 e. The predicted molar refractivity (Wildman–Crippen MR) is 89.3 cm³/mol. The second kappa shape index (κ2) is 8.93. The highest BCUT2D eigenvalue weighted by Gasteiger charge is 2.55. The van der Waals surface area contributed by atoms with Crippen LogP contribution < -0.4 is 0 Å². The van der Waals surface area contributed by atoms with Gasteiger partial charge in [0.15, 0.2) is 0 Å². The first kappa shape index (κ1) is 17.8. The first-order valence-corrected chi connectivity index (χ1v) is 9.25. The number of unbranched alkanes of at least 4 members (excludes halogenated alkanes) is 5. The number of carboxylic acid groups (broad SMARTS) is 1. The van der Waals surface area contributed by atoms with Crippen molar-refractivity contribution in [2.45, 2.75) is 82.3 Å². The quantitative estimate of drug-likeness (QED) is 0.257. The molecule has 0 radical (unpaired) electrons. The number of hydrogen-bond acceptors (Lipinski definition) is 2. The lowest BCUT2D eigenvalue weighted by molar-refractivity contribution is -0.137. The highest BCUT2D eigenvalue weighted by Crippen LogP contribution is 2.50. The Morgan fingerprint density at radius 1 is 1.32 bits per heavy atom. The number of hydrogen-bond donors (Lipinski definition) is 1. The molecular formula is C18H29ClO3. The Kier molecular flexibility index (Phi) is 7.23. The first-order valence-electron chi connectivity index (χ1n) is 8.81. The van der Waals surface area contributed by atoms with E-state index in [4.69, 9.17) is 21.4 Å². The van der Waals surface area contributed by atoms with Crippen molar-refractivity contribution in [3.05, 3.63) is 12.2 Å². The maximum Gasteiger partial charge on any atom is 0.303 e. The van der Waals surface area contributed by atoms with E-state index in [-0.39, 0.29) is 5.38 Å². The summed E-state index contributed by atoms with van der Waals surface area (Å²) in [5, 5.41) is 8.84. The van der Waals surface area contributed by atoms with Crippen molar-refractivity contribution < 1.29 is 14.6 Å². The van der Waals surface area contributed by atoms with E-state index < -0.39 is 5.97 Å². The second-order valence-corrected chi connectivity index (χ2v) is 7.23. The molecule has 5 unspecified atom stereocenters. The molecule has 0 aromatic carbocycles. The third kappa shape index (κ3) is 5.27. The fourth-order valence-electron chi connectivity index (χ4n) is 3.62. The van der Waals surface area contributed by atoms with Gasteiger partial charge in [-0.05, 0) is 38.0 Å². The zero-order valence-electron chi connectivity index (χ0n) is 13.5. The maximum atomic E-state index is 10.4. The molecule has 1 saturated carbocycles. The Labute approximate surface area is 139 Å². The van der Waals surface area contributed by atoms with Crippen LogP contribution in [0.15, 0.2) is 12.2 Å². The number of rotatable bonds is 11. The molecule has 3 nitrogen and oxygen atoms in total. The Morgan fingerprint density at radius 2 is 2.05 bits per heavy atom. The molecule has 2 aliphatic rings. The summed E-state index contributed by atoms with van der Waals surface area (Å²) in [5.41, 5.74) is 0. The maximum absolute atomic E-state index is 10.4. The van der Waals surface area contributed by atoms with E-state index in [1.54, 1.807) is 0 Å². The molecule has 5 atom stereocenters. The lowest BCUT2D eigenvalue weighted by atomic mass is 9.89. The summed E-state index contributed by atoms with van der Waals surface area (Å²) in [4.78, 5) is 10.4. The summed E-state index contributed by atoms with van der Waals surface area (Å²) in [6.45, 7) is 2.16. The lowest BCUT2D eigenvalue weighted by Crippen LogP contribution is -2.22. The summed E-state index contributed by atoms with van der Waals surface area (Å²) in [6.07, 6.45) is 14.5. The van der Waals surface area contributed by atoms with Crippen LogP contribution in [0.3, 0.4) is 0 Å². The molecule has 1 N–H and O–H groups in total. The van der Waals surface area contributed by atoms with E-state index in [2.05, 4.69) is 19.1 Å². The summed E-state index contributed by atoms with van der Waals surface area (Å²) < 4.78 is 5.67. The molecule has 22 heavy (non-hydrogen) atoms. The van der Waals surface area contributed by atoms with Gasteiger partial charge in [0.1, 0.15) is 0 Å². The van der Waals surface area contributed by atoms with Gasteiger partial charge in [0.05, 0.1) is 12.2 Å². The number of fused-ring (bicyclic) bond motifs is 1. The molecule has 2 rings (SSSR count). The first-order chi connectivity index (χ1) is 10.6. The summed E-state index contributed by atoms with van der Waals surface area (Å²) >= 11 is 6.45. The van der Waals surface area contributed by atoms with Gasteiger partial charge in [0.25, 0.3) is 0 Å². The lowest BCUT2D eigenvalue weighted by Gasteiger charge is -2.23. The van der Waals surface area contributed by atoms with E-state index in [1.807, 2.05) is 0 Å². The molecule has 126 valence electrons. The Balaban J connectivity index is 1.56. The zero-order chi connectivity index (χ0) is 15.9. The molecule has 4 heteroatoms. The third-order valence-electron chi connectivity index (χ3n) is 4.97. The SMILES string of the molecule is CCC(Cl)C1CC2OC2C1C=CCCCCCCCC(=O)O. The minimum atomic E-state index is -0.681. The molecule has 0 bridgehead atoms. The predicted octanol–water partition coefficient (Wildman–Crippen LogP) is 4.78. The van der Waals surface area contributed by atoms with Crippen molar-refractivity contribution in [1.82, 2.24) is 0 Å². The monoisotopic (exact) mass is 328 g/mol. The number of halogens is 1. The van der Waals surface area contributed by atoms with Crippen LogP contribution >= 0.6 is 11.6 Å². The van der Waals surface area contributed by atoms with Gasteiger partial charge in [0.2, 0.25) is 0 Å². The number of alkyl halides is 1. The van der Waals surface area contributed by atoms with Gasteiger partial charge in [-0.1, -0.05) is 38.3 Å². The number of epoxide rings is 1.